The van der Waals surface area contributed by atoms with Gasteiger partial charge in [0.2, 0.25) is 6.29 Å². The molecule has 4 saturated heterocycles. The molecule has 20 heteroatoms. The van der Waals surface area contributed by atoms with Crippen molar-refractivity contribution < 1.29 is 98.8 Å². The van der Waals surface area contributed by atoms with E-state index >= 15 is 0 Å². The second-order valence-electron chi connectivity index (χ2n) is 12.0. The van der Waals surface area contributed by atoms with Crippen LogP contribution < -0.4 is 9.47 Å². The molecule has 4 heterocycles. The van der Waals surface area contributed by atoms with Gasteiger partial charge in [0.15, 0.2) is 18.9 Å². The second-order valence-corrected chi connectivity index (χ2v) is 12.0. The summed E-state index contributed by atoms with van der Waals surface area (Å²) in [7, 11) is 1.49. The van der Waals surface area contributed by atoms with Gasteiger partial charge in [0.25, 0.3) is 0 Å². The number of ether oxygens (including phenoxy) is 9. The van der Waals surface area contributed by atoms with E-state index in [-0.39, 0.29) is 6.61 Å². The van der Waals surface area contributed by atoms with Gasteiger partial charge >= 0.3 is 0 Å². The van der Waals surface area contributed by atoms with Crippen molar-refractivity contribution in [2.45, 2.75) is 111 Å². The molecular formula is C29H44O20. The SMILES string of the molecule is COc1ccc(O[C@H]2OC[C@@H](O[C@@H]3O[C@H](CO)[C@@H](O[C@@H]4OC[C@@H](O[C@@H]5O[C@H](CO)[C@@H](O)[C@H](O)[C@@H]5O)[C@H](O)[C@H]4O)[C@H](O)[C@@H]3O)[C@H](O)[C@H]2O)cc1. The van der Waals surface area contributed by atoms with E-state index in [9.17, 15) is 56.2 Å². The summed E-state index contributed by atoms with van der Waals surface area (Å²) in [5.74, 6) is 0.889. The molecule has 280 valence electrons. The van der Waals surface area contributed by atoms with Crippen molar-refractivity contribution in [1.82, 2.24) is 0 Å². The van der Waals surface area contributed by atoms with Gasteiger partial charge in [0.05, 0.1) is 33.5 Å². The summed E-state index contributed by atoms with van der Waals surface area (Å²) in [6.07, 6.45) is -28.9. The first-order valence-electron chi connectivity index (χ1n) is 15.5. The predicted octanol–water partition coefficient (Wildman–Crippen LogP) is -6.38. The monoisotopic (exact) mass is 712 g/mol. The first-order valence-corrected chi connectivity index (χ1v) is 15.5. The molecule has 20 nitrogen and oxygen atoms in total. The van der Waals surface area contributed by atoms with Gasteiger partial charge in [-0.25, -0.2) is 0 Å². The average molecular weight is 713 g/mol. The van der Waals surface area contributed by atoms with Crippen molar-refractivity contribution in [3.63, 3.8) is 0 Å². The lowest BCUT2D eigenvalue weighted by Gasteiger charge is -2.47. The van der Waals surface area contributed by atoms with Gasteiger partial charge < -0.3 is 98.8 Å². The highest BCUT2D eigenvalue weighted by Crippen LogP contribution is 2.32. The molecule has 0 saturated carbocycles. The van der Waals surface area contributed by atoms with Gasteiger partial charge in [-0.3, -0.25) is 0 Å². The first-order chi connectivity index (χ1) is 23.4. The summed E-state index contributed by atoms with van der Waals surface area (Å²) in [6.45, 7) is -2.35. The van der Waals surface area contributed by atoms with Crippen LogP contribution in [0.2, 0.25) is 0 Å². The number of rotatable bonds is 11. The molecule has 0 unspecified atom stereocenters. The number of hydrogen-bond acceptors (Lipinski definition) is 20. The average Bonchev–Trinajstić information content (AvgIpc) is 3.10. The molecule has 5 rings (SSSR count). The van der Waals surface area contributed by atoms with Gasteiger partial charge in [-0.1, -0.05) is 0 Å². The highest BCUT2D eigenvalue weighted by Gasteiger charge is 2.52. The van der Waals surface area contributed by atoms with Crippen LogP contribution in [0.25, 0.3) is 0 Å². The summed E-state index contributed by atoms with van der Waals surface area (Å²) >= 11 is 0. The van der Waals surface area contributed by atoms with Gasteiger partial charge in [0, 0.05) is 0 Å². The zero-order valence-corrected chi connectivity index (χ0v) is 26.1. The number of hydrogen-bond donors (Lipinski definition) is 11. The number of aliphatic hydroxyl groups excluding tert-OH is 11. The van der Waals surface area contributed by atoms with E-state index in [0.717, 1.165) is 0 Å². The van der Waals surface area contributed by atoms with Crippen molar-refractivity contribution in [1.29, 1.82) is 0 Å². The molecule has 1 aromatic rings. The van der Waals surface area contributed by atoms with E-state index in [1.807, 2.05) is 0 Å². The molecule has 4 aliphatic rings. The molecule has 0 aliphatic carbocycles. The molecule has 11 N–H and O–H groups in total. The molecule has 0 amide bonds. The van der Waals surface area contributed by atoms with E-state index in [2.05, 4.69) is 0 Å². The fourth-order valence-corrected chi connectivity index (χ4v) is 5.80. The summed E-state index contributed by atoms with van der Waals surface area (Å²) in [4.78, 5) is 0. The van der Waals surface area contributed by atoms with E-state index in [1.165, 1.54) is 7.11 Å². The minimum absolute atomic E-state index is 0.318. The van der Waals surface area contributed by atoms with Crippen LogP contribution in [0.15, 0.2) is 24.3 Å². The lowest BCUT2D eigenvalue weighted by molar-refractivity contribution is -0.373. The van der Waals surface area contributed by atoms with Crippen LogP contribution in [0, 0.1) is 0 Å². The number of methoxy groups -OCH3 is 1. The Morgan fingerprint density at radius 2 is 1.00 bits per heavy atom. The Morgan fingerprint density at radius 1 is 0.531 bits per heavy atom. The number of benzene rings is 1. The largest absolute Gasteiger partial charge is 0.497 e. The standard InChI is InChI=1S/C29H44O20/c1-41-10-2-4-11(5-3-10)44-26-21(37)17(33)14(8-42-26)48-29-24(40)20(36)25(13(7-31)46-29)49-27-22(38)18(34)15(9-43-27)47-28-23(39)19(35)16(32)12(6-30)45-28/h2-5,12-40H,6-9H2,1H3/t12-,13-,14-,15-,16-,17+,18+,19+,20-,21-,22-,23+,24+,25-,26-,27+,28+,29+/m1/s1. The van der Waals surface area contributed by atoms with Crippen molar-refractivity contribution in [3.05, 3.63) is 24.3 Å². The van der Waals surface area contributed by atoms with Crippen LogP contribution in [0.1, 0.15) is 0 Å². The van der Waals surface area contributed by atoms with Crippen molar-refractivity contribution in [2.24, 2.45) is 0 Å². The van der Waals surface area contributed by atoms with Gasteiger partial charge in [-0.15, -0.1) is 0 Å². The van der Waals surface area contributed by atoms with Gasteiger partial charge in [-0.05, 0) is 24.3 Å². The van der Waals surface area contributed by atoms with E-state index in [1.54, 1.807) is 24.3 Å². The summed E-state index contributed by atoms with van der Waals surface area (Å²) in [6, 6.07) is 6.38. The number of aliphatic hydroxyl groups is 11. The minimum atomic E-state index is -1.87. The normalized spacial score (nSPS) is 46.3. The van der Waals surface area contributed by atoms with Crippen molar-refractivity contribution >= 4 is 0 Å². The Morgan fingerprint density at radius 3 is 1.55 bits per heavy atom. The molecule has 49 heavy (non-hydrogen) atoms. The van der Waals surface area contributed by atoms with E-state index in [4.69, 9.17) is 42.6 Å². The van der Waals surface area contributed by atoms with Crippen LogP contribution in [0.5, 0.6) is 11.5 Å². The van der Waals surface area contributed by atoms with Crippen molar-refractivity contribution in [2.75, 3.05) is 33.5 Å². The Hall–Kier alpha value is -1.90. The maximum absolute atomic E-state index is 10.9. The lowest BCUT2D eigenvalue weighted by Crippen LogP contribution is -2.65. The maximum atomic E-state index is 10.9. The molecule has 0 bridgehead atoms. The molecular weight excluding hydrogens is 668 g/mol. The molecule has 0 spiro atoms. The molecule has 0 aromatic heterocycles. The predicted molar refractivity (Wildman–Crippen MR) is 153 cm³/mol. The molecule has 1 aromatic carbocycles. The van der Waals surface area contributed by atoms with E-state index < -0.39 is 130 Å². The summed E-state index contributed by atoms with van der Waals surface area (Å²) < 4.78 is 49.2. The highest BCUT2D eigenvalue weighted by atomic mass is 16.8. The van der Waals surface area contributed by atoms with Gasteiger partial charge in [-0.2, -0.15) is 0 Å². The van der Waals surface area contributed by atoms with Gasteiger partial charge in [0.1, 0.15) is 97.0 Å². The fourth-order valence-electron chi connectivity index (χ4n) is 5.80. The smallest absolute Gasteiger partial charge is 0.228 e. The lowest BCUT2D eigenvalue weighted by atomic mass is 9.97. The third kappa shape index (κ3) is 8.27. The first kappa shape index (κ1) is 38.3. The molecule has 4 aliphatic heterocycles. The Labute approximate surface area is 279 Å². The molecule has 0 radical (unpaired) electrons. The van der Waals surface area contributed by atoms with Crippen molar-refractivity contribution in [3.8, 4) is 11.5 Å². The summed E-state index contributed by atoms with van der Waals surface area (Å²) in [5, 5.41) is 114. The summed E-state index contributed by atoms with van der Waals surface area (Å²) in [5.41, 5.74) is 0. The minimum Gasteiger partial charge on any atom is -0.497 e. The second kappa shape index (κ2) is 16.6. The third-order valence-electron chi connectivity index (χ3n) is 8.76. The molecule has 4 fully saturated rings. The Kier molecular flexibility index (Phi) is 13.0. The van der Waals surface area contributed by atoms with Crippen LogP contribution in [-0.4, -0.2) is 200 Å². The van der Waals surface area contributed by atoms with Crippen LogP contribution in [-0.2, 0) is 33.2 Å². The molecule has 18 atom stereocenters. The quantitative estimate of drug-likeness (QED) is 0.102. The van der Waals surface area contributed by atoms with Crippen LogP contribution in [0.3, 0.4) is 0 Å². The van der Waals surface area contributed by atoms with Crippen LogP contribution in [0.4, 0.5) is 0 Å². The van der Waals surface area contributed by atoms with E-state index in [0.29, 0.717) is 11.5 Å². The zero-order valence-electron chi connectivity index (χ0n) is 26.1. The third-order valence-corrected chi connectivity index (χ3v) is 8.76. The zero-order chi connectivity index (χ0) is 35.6. The fraction of sp³-hybridized carbons (Fsp3) is 0.793. The topological polar surface area (TPSA) is 306 Å². The maximum Gasteiger partial charge on any atom is 0.228 e. The Bertz CT molecular complexity index is 1160. The van der Waals surface area contributed by atoms with Crippen LogP contribution >= 0.6 is 0 Å². The Balaban J connectivity index is 1.14. The highest BCUT2D eigenvalue weighted by molar-refractivity contribution is 5.31.